The van der Waals surface area contributed by atoms with Crippen molar-refractivity contribution in [3.05, 3.63) is 58.1 Å². The van der Waals surface area contributed by atoms with Crippen molar-refractivity contribution in [3.8, 4) is 0 Å². The summed E-state index contributed by atoms with van der Waals surface area (Å²) in [6.45, 7) is 5.44. The van der Waals surface area contributed by atoms with Gasteiger partial charge in [-0.05, 0) is 18.9 Å². The number of hydrogen-bond donors (Lipinski definition) is 1. The number of anilines is 1. The molecule has 19 heavy (non-hydrogen) atoms. The SMILES string of the molecule is CCCn1ccnc(NCc2ccc(C)cc2)c1=O. The van der Waals surface area contributed by atoms with Crippen molar-refractivity contribution >= 4 is 5.82 Å². The molecule has 0 unspecified atom stereocenters. The Balaban J connectivity index is 2.09. The Kier molecular flexibility index (Phi) is 4.34. The lowest BCUT2D eigenvalue weighted by Gasteiger charge is -2.08. The molecule has 0 saturated heterocycles. The minimum Gasteiger partial charge on any atom is -0.361 e. The van der Waals surface area contributed by atoms with Crippen LogP contribution in [0.3, 0.4) is 0 Å². The highest BCUT2D eigenvalue weighted by Gasteiger charge is 2.03. The van der Waals surface area contributed by atoms with Gasteiger partial charge in [-0.2, -0.15) is 0 Å². The van der Waals surface area contributed by atoms with Gasteiger partial charge in [-0.1, -0.05) is 36.8 Å². The average molecular weight is 257 g/mol. The average Bonchev–Trinajstić information content (AvgIpc) is 2.42. The van der Waals surface area contributed by atoms with Crippen LogP contribution < -0.4 is 10.9 Å². The third kappa shape index (κ3) is 3.44. The van der Waals surface area contributed by atoms with Crippen LogP contribution in [-0.2, 0) is 13.1 Å². The molecule has 0 aliphatic carbocycles. The van der Waals surface area contributed by atoms with Gasteiger partial charge in [-0.3, -0.25) is 4.79 Å². The quantitative estimate of drug-likeness (QED) is 0.895. The lowest BCUT2D eigenvalue weighted by atomic mass is 10.1. The molecule has 0 aliphatic rings. The molecular formula is C15H19N3O. The number of rotatable bonds is 5. The second-order valence-electron chi connectivity index (χ2n) is 4.61. The molecule has 0 amide bonds. The first-order valence-corrected chi connectivity index (χ1v) is 6.55. The molecule has 2 rings (SSSR count). The van der Waals surface area contributed by atoms with Crippen LogP contribution in [0, 0.1) is 6.92 Å². The molecule has 0 atom stereocenters. The zero-order valence-corrected chi connectivity index (χ0v) is 11.4. The van der Waals surface area contributed by atoms with Crippen LogP contribution in [0.4, 0.5) is 5.82 Å². The van der Waals surface area contributed by atoms with Crippen molar-refractivity contribution in [3.63, 3.8) is 0 Å². The van der Waals surface area contributed by atoms with Gasteiger partial charge in [-0.15, -0.1) is 0 Å². The topological polar surface area (TPSA) is 46.9 Å². The van der Waals surface area contributed by atoms with Gasteiger partial charge in [0.05, 0.1) is 0 Å². The Morgan fingerprint density at radius 2 is 2.00 bits per heavy atom. The highest BCUT2D eigenvalue weighted by molar-refractivity contribution is 5.33. The molecule has 1 aromatic heterocycles. The summed E-state index contributed by atoms with van der Waals surface area (Å²) in [5.74, 6) is 0.413. The van der Waals surface area contributed by atoms with E-state index in [2.05, 4.69) is 41.5 Å². The fourth-order valence-corrected chi connectivity index (χ4v) is 1.88. The van der Waals surface area contributed by atoms with E-state index in [9.17, 15) is 4.79 Å². The van der Waals surface area contributed by atoms with Crippen molar-refractivity contribution in [1.29, 1.82) is 0 Å². The predicted molar refractivity (Wildman–Crippen MR) is 77.3 cm³/mol. The van der Waals surface area contributed by atoms with Crippen LogP contribution in [-0.4, -0.2) is 9.55 Å². The highest BCUT2D eigenvalue weighted by atomic mass is 16.1. The molecule has 1 aromatic carbocycles. The smallest absolute Gasteiger partial charge is 0.293 e. The fourth-order valence-electron chi connectivity index (χ4n) is 1.88. The fraction of sp³-hybridized carbons (Fsp3) is 0.333. The number of aryl methyl sites for hydroxylation is 2. The summed E-state index contributed by atoms with van der Waals surface area (Å²) in [6, 6.07) is 8.22. The van der Waals surface area contributed by atoms with E-state index < -0.39 is 0 Å². The molecule has 0 radical (unpaired) electrons. The summed E-state index contributed by atoms with van der Waals surface area (Å²) >= 11 is 0. The first kappa shape index (κ1) is 13.3. The molecule has 0 spiro atoms. The van der Waals surface area contributed by atoms with Gasteiger partial charge in [0.1, 0.15) is 0 Å². The molecule has 0 bridgehead atoms. The lowest BCUT2D eigenvalue weighted by Crippen LogP contribution is -2.24. The Bertz CT molecular complexity index is 587. The summed E-state index contributed by atoms with van der Waals surface area (Å²) in [7, 11) is 0. The second kappa shape index (κ2) is 6.18. The van der Waals surface area contributed by atoms with E-state index in [0.717, 1.165) is 18.5 Å². The lowest BCUT2D eigenvalue weighted by molar-refractivity contribution is 0.649. The number of benzene rings is 1. The summed E-state index contributed by atoms with van der Waals surface area (Å²) in [5, 5.41) is 3.10. The van der Waals surface area contributed by atoms with Crippen molar-refractivity contribution < 1.29 is 0 Å². The van der Waals surface area contributed by atoms with E-state index in [4.69, 9.17) is 0 Å². The van der Waals surface area contributed by atoms with Gasteiger partial charge >= 0.3 is 0 Å². The van der Waals surface area contributed by atoms with Crippen molar-refractivity contribution in [2.45, 2.75) is 33.4 Å². The zero-order chi connectivity index (χ0) is 13.7. The highest BCUT2D eigenvalue weighted by Crippen LogP contribution is 2.05. The van der Waals surface area contributed by atoms with Gasteiger partial charge in [0.2, 0.25) is 0 Å². The maximum Gasteiger partial charge on any atom is 0.293 e. The largest absolute Gasteiger partial charge is 0.361 e. The van der Waals surface area contributed by atoms with Crippen molar-refractivity contribution in [2.24, 2.45) is 0 Å². The predicted octanol–water partition coefficient (Wildman–Crippen LogP) is 2.57. The summed E-state index contributed by atoms with van der Waals surface area (Å²) in [5.41, 5.74) is 2.31. The minimum atomic E-state index is -0.0588. The van der Waals surface area contributed by atoms with E-state index in [-0.39, 0.29) is 5.56 Å². The van der Waals surface area contributed by atoms with E-state index in [1.165, 1.54) is 5.56 Å². The summed E-state index contributed by atoms with van der Waals surface area (Å²) in [6.07, 6.45) is 4.32. The van der Waals surface area contributed by atoms with Crippen LogP contribution in [0.5, 0.6) is 0 Å². The Morgan fingerprint density at radius 1 is 1.26 bits per heavy atom. The minimum absolute atomic E-state index is 0.0588. The van der Waals surface area contributed by atoms with Crippen LogP contribution >= 0.6 is 0 Å². The third-order valence-electron chi connectivity index (χ3n) is 2.96. The molecule has 1 N–H and O–H groups in total. The number of nitrogens with one attached hydrogen (secondary N) is 1. The Hall–Kier alpha value is -2.10. The molecule has 100 valence electrons. The van der Waals surface area contributed by atoms with E-state index >= 15 is 0 Å². The van der Waals surface area contributed by atoms with Crippen LogP contribution in [0.15, 0.2) is 41.5 Å². The third-order valence-corrected chi connectivity index (χ3v) is 2.96. The standard InChI is InChI=1S/C15H19N3O/c1-3-9-18-10-8-16-14(15(18)19)17-11-13-6-4-12(2)5-7-13/h4-8,10H,3,9,11H2,1-2H3,(H,16,17). The molecular weight excluding hydrogens is 238 g/mol. The Labute approximate surface area is 113 Å². The van der Waals surface area contributed by atoms with E-state index in [1.807, 2.05) is 6.92 Å². The summed E-state index contributed by atoms with van der Waals surface area (Å²) < 4.78 is 1.68. The normalized spacial score (nSPS) is 10.4. The first-order valence-electron chi connectivity index (χ1n) is 6.55. The van der Waals surface area contributed by atoms with Crippen LogP contribution in [0.2, 0.25) is 0 Å². The maximum absolute atomic E-state index is 12.1. The van der Waals surface area contributed by atoms with Gasteiger partial charge in [0.25, 0.3) is 5.56 Å². The maximum atomic E-state index is 12.1. The van der Waals surface area contributed by atoms with Gasteiger partial charge < -0.3 is 9.88 Å². The number of aromatic nitrogens is 2. The molecule has 4 nitrogen and oxygen atoms in total. The molecule has 2 aromatic rings. The Morgan fingerprint density at radius 3 is 2.68 bits per heavy atom. The van der Waals surface area contributed by atoms with Gasteiger partial charge in [0, 0.05) is 25.5 Å². The number of nitrogens with zero attached hydrogens (tertiary/aromatic N) is 2. The van der Waals surface area contributed by atoms with Crippen LogP contribution in [0.25, 0.3) is 0 Å². The monoisotopic (exact) mass is 257 g/mol. The van der Waals surface area contributed by atoms with Crippen molar-refractivity contribution in [1.82, 2.24) is 9.55 Å². The van der Waals surface area contributed by atoms with Crippen molar-refractivity contribution in [2.75, 3.05) is 5.32 Å². The number of hydrogen-bond acceptors (Lipinski definition) is 3. The molecule has 4 heteroatoms. The van der Waals surface area contributed by atoms with Crippen LogP contribution in [0.1, 0.15) is 24.5 Å². The molecule has 0 fully saturated rings. The molecule has 0 aliphatic heterocycles. The van der Waals surface area contributed by atoms with E-state index in [1.54, 1.807) is 17.0 Å². The zero-order valence-electron chi connectivity index (χ0n) is 11.4. The molecule has 0 saturated carbocycles. The molecule has 1 heterocycles. The van der Waals surface area contributed by atoms with Gasteiger partial charge in [0.15, 0.2) is 5.82 Å². The second-order valence-corrected chi connectivity index (χ2v) is 4.61. The first-order chi connectivity index (χ1) is 9.20. The summed E-state index contributed by atoms with van der Waals surface area (Å²) in [4.78, 5) is 16.2. The van der Waals surface area contributed by atoms with Gasteiger partial charge in [-0.25, -0.2) is 4.98 Å². The van der Waals surface area contributed by atoms with E-state index in [0.29, 0.717) is 12.4 Å².